The fourth-order valence-electron chi connectivity index (χ4n) is 1.28. The van der Waals surface area contributed by atoms with E-state index in [0.717, 1.165) is 12.1 Å². The van der Waals surface area contributed by atoms with Gasteiger partial charge in [-0.2, -0.15) is 0 Å². The van der Waals surface area contributed by atoms with Gasteiger partial charge in [-0.1, -0.05) is 6.92 Å². The smallest absolute Gasteiger partial charge is 0.267 e. The predicted molar refractivity (Wildman–Crippen MR) is 64.1 cm³/mol. The predicted octanol–water partition coefficient (Wildman–Crippen LogP) is 0.720. The van der Waals surface area contributed by atoms with Crippen LogP contribution in [0.2, 0.25) is 0 Å². The number of rotatable bonds is 5. The van der Waals surface area contributed by atoms with Crippen molar-refractivity contribution in [3.63, 3.8) is 0 Å². The van der Waals surface area contributed by atoms with E-state index in [-0.39, 0.29) is 11.2 Å². The van der Waals surface area contributed by atoms with Crippen molar-refractivity contribution in [1.29, 1.82) is 0 Å². The summed E-state index contributed by atoms with van der Waals surface area (Å²) in [5.41, 5.74) is 11.7. The normalized spacial score (nSPS) is 14.2. The number of nitrogens with one attached hydrogen (secondary N) is 1. The van der Waals surface area contributed by atoms with Gasteiger partial charge in [0.2, 0.25) is 0 Å². The topological polar surface area (TPSA) is 94.0 Å². The standard InChI is InChI=1S/C11H18N4O/c1-3-11(2,7-12)15-8-4-5-14-9(6-8)10(13)16/h4-6H,3,7,12H2,1-2H3,(H2,13,16)(H,14,15). The second-order valence-electron chi connectivity index (χ2n) is 4.04. The van der Waals surface area contributed by atoms with Crippen molar-refractivity contribution in [1.82, 2.24) is 4.98 Å². The Morgan fingerprint density at radius 3 is 2.81 bits per heavy atom. The van der Waals surface area contributed by atoms with Gasteiger partial charge in [0.1, 0.15) is 5.69 Å². The number of anilines is 1. The molecular formula is C11H18N4O. The van der Waals surface area contributed by atoms with E-state index in [1.165, 1.54) is 0 Å². The Balaban J connectivity index is 2.89. The number of carbonyl (C=O) groups is 1. The molecule has 1 unspecified atom stereocenters. The first-order valence-electron chi connectivity index (χ1n) is 5.25. The number of hydrogen-bond donors (Lipinski definition) is 3. The molecule has 1 atom stereocenters. The highest BCUT2D eigenvalue weighted by Crippen LogP contribution is 2.17. The number of carbonyl (C=O) groups excluding carboxylic acids is 1. The van der Waals surface area contributed by atoms with Crippen LogP contribution in [-0.4, -0.2) is 23.0 Å². The zero-order chi connectivity index (χ0) is 12.2. The molecule has 88 valence electrons. The van der Waals surface area contributed by atoms with Crippen LogP contribution in [0.3, 0.4) is 0 Å². The lowest BCUT2D eigenvalue weighted by Gasteiger charge is -2.29. The van der Waals surface area contributed by atoms with Gasteiger partial charge in [-0.05, 0) is 25.5 Å². The van der Waals surface area contributed by atoms with Crippen LogP contribution in [0.1, 0.15) is 30.8 Å². The molecule has 0 bridgehead atoms. The van der Waals surface area contributed by atoms with Crippen LogP contribution in [0.15, 0.2) is 18.3 Å². The van der Waals surface area contributed by atoms with Crippen molar-refractivity contribution >= 4 is 11.6 Å². The van der Waals surface area contributed by atoms with E-state index in [1.54, 1.807) is 18.3 Å². The second kappa shape index (κ2) is 4.94. The van der Waals surface area contributed by atoms with Crippen LogP contribution in [0.4, 0.5) is 5.69 Å². The molecule has 0 aliphatic carbocycles. The van der Waals surface area contributed by atoms with Crippen LogP contribution in [0.25, 0.3) is 0 Å². The molecule has 1 heterocycles. The zero-order valence-electron chi connectivity index (χ0n) is 9.66. The molecule has 0 saturated heterocycles. The van der Waals surface area contributed by atoms with Crippen LogP contribution in [0.5, 0.6) is 0 Å². The van der Waals surface area contributed by atoms with Crippen molar-refractivity contribution in [2.24, 2.45) is 11.5 Å². The Kier molecular flexibility index (Phi) is 3.84. The maximum atomic E-state index is 11.0. The van der Waals surface area contributed by atoms with Gasteiger partial charge in [0.25, 0.3) is 5.91 Å². The van der Waals surface area contributed by atoms with Gasteiger partial charge in [0, 0.05) is 24.0 Å². The Bertz CT molecular complexity index is 374. The summed E-state index contributed by atoms with van der Waals surface area (Å²) in [7, 11) is 0. The molecule has 5 nitrogen and oxygen atoms in total. The molecule has 0 saturated carbocycles. The third-order valence-electron chi connectivity index (χ3n) is 2.69. The Morgan fingerprint density at radius 1 is 1.62 bits per heavy atom. The van der Waals surface area contributed by atoms with Gasteiger partial charge in [0.15, 0.2) is 0 Å². The molecule has 0 aromatic carbocycles. The lowest BCUT2D eigenvalue weighted by atomic mass is 9.99. The first-order chi connectivity index (χ1) is 7.50. The number of amides is 1. The third-order valence-corrected chi connectivity index (χ3v) is 2.69. The molecule has 1 rings (SSSR count). The zero-order valence-corrected chi connectivity index (χ0v) is 9.66. The number of nitrogens with zero attached hydrogens (tertiary/aromatic N) is 1. The van der Waals surface area contributed by atoms with Gasteiger partial charge in [-0.15, -0.1) is 0 Å². The molecule has 1 amide bonds. The molecule has 0 aliphatic rings. The average Bonchev–Trinajstić information content (AvgIpc) is 2.29. The van der Waals surface area contributed by atoms with E-state index in [9.17, 15) is 4.79 Å². The van der Waals surface area contributed by atoms with E-state index in [0.29, 0.717) is 6.54 Å². The fourth-order valence-corrected chi connectivity index (χ4v) is 1.28. The largest absolute Gasteiger partial charge is 0.379 e. The Labute approximate surface area is 95.2 Å². The minimum Gasteiger partial charge on any atom is -0.379 e. The van der Waals surface area contributed by atoms with E-state index in [2.05, 4.69) is 17.2 Å². The number of hydrogen-bond acceptors (Lipinski definition) is 4. The highest BCUT2D eigenvalue weighted by atomic mass is 16.1. The second-order valence-corrected chi connectivity index (χ2v) is 4.04. The molecular weight excluding hydrogens is 204 g/mol. The summed E-state index contributed by atoms with van der Waals surface area (Å²) < 4.78 is 0. The van der Waals surface area contributed by atoms with Crippen molar-refractivity contribution < 1.29 is 4.79 Å². The molecule has 5 N–H and O–H groups in total. The molecule has 0 spiro atoms. The first kappa shape index (κ1) is 12.4. The van der Waals surface area contributed by atoms with E-state index in [1.807, 2.05) is 6.92 Å². The minimum atomic E-state index is -0.533. The minimum absolute atomic E-state index is 0.184. The summed E-state index contributed by atoms with van der Waals surface area (Å²) in [5, 5.41) is 3.28. The maximum Gasteiger partial charge on any atom is 0.267 e. The Morgan fingerprint density at radius 2 is 2.31 bits per heavy atom. The van der Waals surface area contributed by atoms with Gasteiger partial charge >= 0.3 is 0 Å². The highest BCUT2D eigenvalue weighted by molar-refractivity contribution is 5.91. The number of pyridine rings is 1. The Hall–Kier alpha value is -1.62. The van der Waals surface area contributed by atoms with Gasteiger partial charge < -0.3 is 16.8 Å². The van der Waals surface area contributed by atoms with Gasteiger partial charge in [-0.25, -0.2) is 0 Å². The lowest BCUT2D eigenvalue weighted by Crippen LogP contribution is -2.41. The fraction of sp³-hybridized carbons (Fsp3) is 0.455. The number of aromatic nitrogens is 1. The van der Waals surface area contributed by atoms with E-state index in [4.69, 9.17) is 11.5 Å². The first-order valence-corrected chi connectivity index (χ1v) is 5.25. The molecule has 1 aromatic rings. The molecule has 5 heteroatoms. The van der Waals surface area contributed by atoms with E-state index < -0.39 is 5.91 Å². The lowest BCUT2D eigenvalue weighted by molar-refractivity contribution is 0.0995. The maximum absolute atomic E-state index is 11.0. The molecule has 0 radical (unpaired) electrons. The third kappa shape index (κ3) is 2.93. The summed E-state index contributed by atoms with van der Waals surface area (Å²) >= 11 is 0. The SMILES string of the molecule is CCC(C)(CN)Nc1ccnc(C(N)=O)c1. The van der Waals surface area contributed by atoms with Crippen LogP contribution >= 0.6 is 0 Å². The average molecular weight is 222 g/mol. The molecule has 16 heavy (non-hydrogen) atoms. The number of primary amides is 1. The molecule has 0 fully saturated rings. The van der Waals surface area contributed by atoms with Crippen LogP contribution in [0, 0.1) is 0 Å². The van der Waals surface area contributed by atoms with Crippen LogP contribution in [-0.2, 0) is 0 Å². The van der Waals surface area contributed by atoms with Crippen molar-refractivity contribution in [3.8, 4) is 0 Å². The van der Waals surface area contributed by atoms with E-state index >= 15 is 0 Å². The molecule has 0 aliphatic heterocycles. The summed E-state index contributed by atoms with van der Waals surface area (Å²) in [6.07, 6.45) is 2.44. The van der Waals surface area contributed by atoms with Crippen molar-refractivity contribution in [2.45, 2.75) is 25.8 Å². The van der Waals surface area contributed by atoms with Crippen molar-refractivity contribution in [3.05, 3.63) is 24.0 Å². The van der Waals surface area contributed by atoms with Gasteiger partial charge in [0.05, 0.1) is 0 Å². The van der Waals surface area contributed by atoms with Crippen molar-refractivity contribution in [2.75, 3.05) is 11.9 Å². The van der Waals surface area contributed by atoms with Crippen LogP contribution < -0.4 is 16.8 Å². The van der Waals surface area contributed by atoms with Gasteiger partial charge in [-0.3, -0.25) is 9.78 Å². The monoisotopic (exact) mass is 222 g/mol. The quantitative estimate of drug-likeness (QED) is 0.684. The molecule has 1 aromatic heterocycles. The summed E-state index contributed by atoms with van der Waals surface area (Å²) in [6.45, 7) is 4.59. The summed E-state index contributed by atoms with van der Waals surface area (Å²) in [6, 6.07) is 3.42. The number of nitrogens with two attached hydrogens (primary N) is 2. The summed E-state index contributed by atoms with van der Waals surface area (Å²) in [4.78, 5) is 14.8. The highest BCUT2D eigenvalue weighted by Gasteiger charge is 2.19. The summed E-state index contributed by atoms with van der Waals surface area (Å²) in [5.74, 6) is -0.533.